The molecule has 1 amide bonds. The van der Waals surface area contributed by atoms with Crippen molar-refractivity contribution in [3.05, 3.63) is 69.7 Å². The number of piperidine rings is 1. The van der Waals surface area contributed by atoms with Gasteiger partial charge >= 0.3 is 5.97 Å². The van der Waals surface area contributed by atoms with E-state index in [0.29, 0.717) is 29.7 Å². The average molecular weight is 547 g/mol. The van der Waals surface area contributed by atoms with Crippen LogP contribution in [0, 0.1) is 11.3 Å². The molecule has 2 aliphatic heterocycles. The minimum absolute atomic E-state index is 0.0720. The number of carboxylic acids is 1. The van der Waals surface area contributed by atoms with Gasteiger partial charge < -0.3 is 15.3 Å². The molecule has 6 nitrogen and oxygen atoms in total. The van der Waals surface area contributed by atoms with Crippen molar-refractivity contribution in [2.24, 2.45) is 11.3 Å². The average Bonchev–Trinajstić information content (AvgIpc) is 3.18. The zero-order valence-electron chi connectivity index (χ0n) is 21.5. The normalized spacial score (nSPS) is 23.3. The van der Waals surface area contributed by atoms with Crippen molar-refractivity contribution >= 4 is 35.1 Å². The Morgan fingerprint density at radius 3 is 2.35 bits per heavy atom. The van der Waals surface area contributed by atoms with Gasteiger partial charge in [-0.3, -0.25) is 14.5 Å². The van der Waals surface area contributed by atoms with Gasteiger partial charge in [0.2, 0.25) is 5.91 Å². The van der Waals surface area contributed by atoms with E-state index >= 15 is 0 Å². The van der Waals surface area contributed by atoms with E-state index < -0.39 is 11.4 Å². The first-order valence-electron chi connectivity index (χ1n) is 13.2. The molecule has 2 saturated heterocycles. The number of hydrogen-bond donors (Lipinski definition) is 2. The van der Waals surface area contributed by atoms with Crippen molar-refractivity contribution in [3.8, 4) is 0 Å². The van der Waals surface area contributed by atoms with E-state index in [2.05, 4.69) is 39.4 Å². The number of carbonyl (C=O) groups excluding carboxylic acids is 1. The molecule has 4 rings (SSSR count). The lowest BCUT2D eigenvalue weighted by atomic mass is 9.75. The Kier molecular flexibility index (Phi) is 9.51. The quantitative estimate of drug-likeness (QED) is 0.433. The second kappa shape index (κ2) is 12.6. The fraction of sp³-hybridized carbons (Fsp3) is 0.517. The molecule has 2 heterocycles. The summed E-state index contributed by atoms with van der Waals surface area (Å²) in [7, 11) is 0. The first-order valence-corrected chi connectivity index (χ1v) is 14.0. The Balaban J connectivity index is 1.32. The number of likely N-dealkylation sites (tertiary alicyclic amines) is 2. The fourth-order valence-electron chi connectivity index (χ4n) is 5.87. The zero-order chi connectivity index (χ0) is 26.4. The Morgan fingerprint density at radius 2 is 1.70 bits per heavy atom. The third kappa shape index (κ3) is 7.05. The molecule has 0 saturated carbocycles. The van der Waals surface area contributed by atoms with Crippen LogP contribution in [-0.2, 0) is 22.6 Å². The number of nitrogens with one attached hydrogen (secondary N) is 1. The maximum atomic E-state index is 13.7. The number of carbonyl (C=O) groups is 2. The predicted molar refractivity (Wildman–Crippen MR) is 148 cm³/mol. The highest BCUT2D eigenvalue weighted by Crippen LogP contribution is 2.41. The number of nitrogens with zero attached hydrogens (tertiary/aromatic N) is 2. The van der Waals surface area contributed by atoms with E-state index in [4.69, 9.17) is 23.2 Å². The number of aryl methyl sites for hydroxylation is 1. The lowest BCUT2D eigenvalue weighted by molar-refractivity contribution is -0.147. The topological polar surface area (TPSA) is 72.9 Å². The van der Waals surface area contributed by atoms with Crippen molar-refractivity contribution in [3.63, 3.8) is 0 Å². The lowest BCUT2D eigenvalue weighted by Gasteiger charge is -2.36. The molecular formula is C29H37Cl2N3O3. The Morgan fingerprint density at radius 1 is 1.03 bits per heavy atom. The molecule has 2 fully saturated rings. The molecule has 2 atom stereocenters. The van der Waals surface area contributed by atoms with Crippen LogP contribution in [-0.4, -0.2) is 65.5 Å². The number of aliphatic carboxylic acids is 1. The van der Waals surface area contributed by atoms with Crippen molar-refractivity contribution in [1.82, 2.24) is 15.1 Å². The minimum atomic E-state index is -0.980. The van der Waals surface area contributed by atoms with Crippen LogP contribution >= 0.6 is 23.2 Å². The molecule has 0 unspecified atom stereocenters. The molecule has 0 radical (unpaired) electrons. The number of carboxylic acid groups (broad SMARTS) is 1. The van der Waals surface area contributed by atoms with Crippen molar-refractivity contribution < 1.29 is 14.7 Å². The summed E-state index contributed by atoms with van der Waals surface area (Å²) >= 11 is 12.8. The highest BCUT2D eigenvalue weighted by Gasteiger charge is 2.51. The fourth-order valence-corrected chi connectivity index (χ4v) is 6.38. The highest BCUT2D eigenvalue weighted by atomic mass is 35.5. The van der Waals surface area contributed by atoms with Gasteiger partial charge in [-0.15, -0.1) is 0 Å². The Labute approximate surface area is 229 Å². The molecule has 0 bridgehead atoms. The van der Waals surface area contributed by atoms with E-state index in [1.807, 2.05) is 13.0 Å². The molecule has 8 heteroatoms. The second-order valence-corrected chi connectivity index (χ2v) is 11.5. The number of halogens is 2. The largest absolute Gasteiger partial charge is 0.481 e. The van der Waals surface area contributed by atoms with E-state index in [0.717, 1.165) is 50.9 Å². The van der Waals surface area contributed by atoms with Crippen LogP contribution in [0.2, 0.25) is 10.0 Å². The molecule has 2 aromatic carbocycles. The molecule has 37 heavy (non-hydrogen) atoms. The number of amides is 1. The monoisotopic (exact) mass is 545 g/mol. The standard InChI is InChI=1S/C29H37Cl2N3O3/c1-21-18-34(19-24-25(30)10-5-11-26(24)31)20-29(21,17-27(35)36)28(37)32-23-12-15-33(16-13-23)14-6-9-22-7-3-2-4-8-22/h2-5,7-8,10-11,21,23H,6,9,12-20H2,1H3,(H,32,37)(H,35,36)/t21-,29+/m0/s1. The summed E-state index contributed by atoms with van der Waals surface area (Å²) in [6.07, 6.45) is 3.76. The summed E-state index contributed by atoms with van der Waals surface area (Å²) in [5, 5.41) is 14.1. The number of rotatable bonds is 10. The summed E-state index contributed by atoms with van der Waals surface area (Å²) in [6, 6.07) is 16.0. The minimum Gasteiger partial charge on any atom is -0.481 e. The SMILES string of the molecule is C[C@H]1CN(Cc2c(Cl)cccc2Cl)C[C@@]1(CC(=O)O)C(=O)NC1CCN(CCCc2ccccc2)CC1. The van der Waals surface area contributed by atoms with Crippen LogP contribution in [0.4, 0.5) is 0 Å². The van der Waals surface area contributed by atoms with Crippen molar-refractivity contribution in [1.29, 1.82) is 0 Å². The maximum absolute atomic E-state index is 13.7. The molecule has 2 aromatic rings. The van der Waals surface area contributed by atoms with Crippen molar-refractivity contribution in [2.75, 3.05) is 32.7 Å². The molecule has 2 aliphatic rings. The van der Waals surface area contributed by atoms with E-state index in [-0.39, 0.29) is 24.3 Å². The van der Waals surface area contributed by atoms with Gasteiger partial charge in [-0.25, -0.2) is 0 Å². The summed E-state index contributed by atoms with van der Waals surface area (Å²) in [4.78, 5) is 30.1. The molecule has 200 valence electrons. The van der Waals surface area contributed by atoms with Gasteiger partial charge in [0.25, 0.3) is 0 Å². The number of benzene rings is 2. The predicted octanol–water partition coefficient (Wildman–Crippen LogP) is 5.12. The molecule has 0 spiro atoms. The molecule has 0 aromatic heterocycles. The molecule has 2 N–H and O–H groups in total. The van der Waals surface area contributed by atoms with Gasteiger partial charge in [0.1, 0.15) is 0 Å². The summed E-state index contributed by atoms with van der Waals surface area (Å²) in [5.74, 6) is -1.20. The van der Waals surface area contributed by atoms with Crippen LogP contribution in [0.3, 0.4) is 0 Å². The summed E-state index contributed by atoms with van der Waals surface area (Å²) < 4.78 is 0. The first-order chi connectivity index (χ1) is 17.8. The van der Waals surface area contributed by atoms with Crippen LogP contribution in [0.25, 0.3) is 0 Å². The zero-order valence-corrected chi connectivity index (χ0v) is 23.0. The second-order valence-electron chi connectivity index (χ2n) is 10.7. The van der Waals surface area contributed by atoms with Crippen molar-refractivity contribution in [2.45, 2.75) is 51.6 Å². The van der Waals surface area contributed by atoms with Gasteiger partial charge in [-0.05, 0) is 55.8 Å². The van der Waals surface area contributed by atoms with E-state index in [1.54, 1.807) is 18.2 Å². The van der Waals surface area contributed by atoms with E-state index in [1.165, 1.54) is 5.56 Å². The van der Waals surface area contributed by atoms with E-state index in [9.17, 15) is 14.7 Å². The summed E-state index contributed by atoms with van der Waals surface area (Å²) in [5.41, 5.74) is 1.20. The van der Waals surface area contributed by atoms with Crippen LogP contribution in [0.5, 0.6) is 0 Å². The first kappa shape index (κ1) is 27.9. The maximum Gasteiger partial charge on any atom is 0.304 e. The Hall–Kier alpha value is -2.12. The third-order valence-corrected chi connectivity index (χ3v) is 8.76. The summed E-state index contributed by atoms with van der Waals surface area (Å²) in [6.45, 7) is 6.38. The highest BCUT2D eigenvalue weighted by molar-refractivity contribution is 6.35. The number of hydrogen-bond acceptors (Lipinski definition) is 4. The van der Waals surface area contributed by atoms with Gasteiger partial charge in [0.05, 0.1) is 11.8 Å². The van der Waals surface area contributed by atoms with Gasteiger partial charge in [-0.1, -0.05) is 66.5 Å². The smallest absolute Gasteiger partial charge is 0.304 e. The Bertz CT molecular complexity index is 1060. The van der Waals surface area contributed by atoms with Gasteiger partial charge in [-0.2, -0.15) is 0 Å². The molecule has 0 aliphatic carbocycles. The lowest BCUT2D eigenvalue weighted by Crippen LogP contribution is -2.52. The molecular weight excluding hydrogens is 509 g/mol. The van der Waals surface area contributed by atoms with Crippen LogP contribution in [0.1, 0.15) is 43.7 Å². The van der Waals surface area contributed by atoms with Crippen LogP contribution < -0.4 is 5.32 Å². The van der Waals surface area contributed by atoms with Crippen LogP contribution in [0.15, 0.2) is 48.5 Å². The third-order valence-electron chi connectivity index (χ3n) is 8.05. The van der Waals surface area contributed by atoms with Gasteiger partial charge in [0, 0.05) is 54.4 Å². The van der Waals surface area contributed by atoms with Gasteiger partial charge in [0.15, 0.2) is 0 Å².